The van der Waals surface area contributed by atoms with Crippen LogP contribution in [0.1, 0.15) is 24.8 Å². The van der Waals surface area contributed by atoms with Gasteiger partial charge in [-0.2, -0.15) is 0 Å². The second-order valence-corrected chi connectivity index (χ2v) is 9.82. The number of anilines is 2. The van der Waals surface area contributed by atoms with Crippen LogP contribution in [-0.4, -0.2) is 66.9 Å². The second-order valence-electron chi connectivity index (χ2n) is 9.82. The van der Waals surface area contributed by atoms with E-state index in [9.17, 15) is 14.3 Å². The number of aromatic hydroxyl groups is 1. The zero-order chi connectivity index (χ0) is 25.4. The molecule has 10 heteroatoms. The van der Waals surface area contributed by atoms with E-state index in [1.54, 1.807) is 24.4 Å². The van der Waals surface area contributed by atoms with Crippen LogP contribution in [0.4, 0.5) is 16.2 Å². The number of piperazine rings is 1. The summed E-state index contributed by atoms with van der Waals surface area (Å²) in [5.41, 5.74) is 3.44. The van der Waals surface area contributed by atoms with Gasteiger partial charge >= 0.3 is 0 Å². The summed E-state index contributed by atoms with van der Waals surface area (Å²) in [4.78, 5) is 32.5. The molecule has 1 saturated carbocycles. The SMILES string of the molecule is O=C(CC1CC1)N1CCN(Cc2ccnc(Nc3nc4ccc(-c5cc(O)ncc5F)cc4[nH]3)c2)CC1. The zero-order valence-electron chi connectivity index (χ0n) is 20.3. The van der Waals surface area contributed by atoms with Crippen molar-refractivity contribution in [3.05, 3.63) is 60.2 Å². The number of halogens is 1. The molecule has 0 unspecified atom stereocenters. The molecule has 0 radical (unpaired) electrons. The molecule has 1 saturated heterocycles. The second kappa shape index (κ2) is 9.78. The lowest BCUT2D eigenvalue weighted by molar-refractivity contribution is -0.133. The number of rotatable bonds is 7. The molecule has 3 aromatic heterocycles. The fourth-order valence-electron chi connectivity index (χ4n) is 4.76. The quantitative estimate of drug-likeness (QED) is 0.350. The summed E-state index contributed by atoms with van der Waals surface area (Å²) < 4.78 is 14.2. The van der Waals surface area contributed by atoms with Crippen molar-refractivity contribution in [1.82, 2.24) is 29.7 Å². The van der Waals surface area contributed by atoms with Crippen molar-refractivity contribution >= 4 is 28.7 Å². The number of benzene rings is 1. The maximum atomic E-state index is 14.2. The van der Waals surface area contributed by atoms with E-state index >= 15 is 0 Å². The molecule has 3 N–H and O–H groups in total. The topological polar surface area (TPSA) is 110 Å². The summed E-state index contributed by atoms with van der Waals surface area (Å²) in [6.07, 6.45) is 5.90. The van der Waals surface area contributed by atoms with E-state index in [4.69, 9.17) is 0 Å². The lowest BCUT2D eigenvalue weighted by atomic mass is 10.1. The van der Waals surface area contributed by atoms with Gasteiger partial charge in [0, 0.05) is 57.0 Å². The van der Waals surface area contributed by atoms with Gasteiger partial charge in [-0.15, -0.1) is 0 Å². The first-order chi connectivity index (χ1) is 18.0. The normalized spacial score (nSPS) is 16.3. The third kappa shape index (κ3) is 5.39. The third-order valence-corrected chi connectivity index (χ3v) is 7.00. The van der Waals surface area contributed by atoms with Gasteiger partial charge in [0.15, 0.2) is 0 Å². The summed E-state index contributed by atoms with van der Waals surface area (Å²) >= 11 is 0. The van der Waals surface area contributed by atoms with Crippen molar-refractivity contribution in [2.75, 3.05) is 31.5 Å². The molecule has 2 aliphatic rings. The Hall–Kier alpha value is -4.05. The van der Waals surface area contributed by atoms with E-state index in [2.05, 4.69) is 30.2 Å². The molecular weight excluding hydrogens is 473 g/mol. The van der Waals surface area contributed by atoms with Gasteiger partial charge in [0.1, 0.15) is 11.6 Å². The molecule has 1 aliphatic carbocycles. The van der Waals surface area contributed by atoms with Crippen LogP contribution in [0.5, 0.6) is 5.88 Å². The standard InChI is InChI=1S/C27H28FN7O2/c28-21-15-30-25(36)14-20(21)19-3-4-22-23(13-19)32-27(31-22)33-24-11-18(5-6-29-24)16-34-7-9-35(10-8-34)26(37)12-17-1-2-17/h3-6,11,13-15,17H,1-2,7-10,12,16H2,(H,30,36)(H2,29,31,32,33). The zero-order valence-corrected chi connectivity index (χ0v) is 20.3. The number of hydrogen-bond acceptors (Lipinski definition) is 7. The van der Waals surface area contributed by atoms with Crippen molar-refractivity contribution in [2.45, 2.75) is 25.8 Å². The van der Waals surface area contributed by atoms with E-state index in [0.717, 1.165) is 55.5 Å². The Labute approximate surface area is 213 Å². The van der Waals surface area contributed by atoms with Gasteiger partial charge in [-0.3, -0.25) is 9.69 Å². The fourth-order valence-corrected chi connectivity index (χ4v) is 4.76. The van der Waals surface area contributed by atoms with E-state index in [1.165, 1.54) is 18.9 Å². The number of H-pyrrole nitrogens is 1. The minimum atomic E-state index is -0.512. The molecule has 4 aromatic rings. The highest BCUT2D eigenvalue weighted by atomic mass is 19.1. The highest BCUT2D eigenvalue weighted by Gasteiger charge is 2.28. The van der Waals surface area contributed by atoms with Crippen LogP contribution in [0, 0.1) is 11.7 Å². The number of amides is 1. The summed E-state index contributed by atoms with van der Waals surface area (Å²) in [6.45, 7) is 4.08. The minimum Gasteiger partial charge on any atom is -0.493 e. The molecule has 0 atom stereocenters. The largest absolute Gasteiger partial charge is 0.493 e. The minimum absolute atomic E-state index is 0.238. The van der Waals surface area contributed by atoms with Crippen LogP contribution in [0.15, 0.2) is 48.8 Å². The molecule has 4 heterocycles. The number of pyridine rings is 2. The lowest BCUT2D eigenvalue weighted by Crippen LogP contribution is -2.48. The van der Waals surface area contributed by atoms with Gasteiger partial charge in [-0.25, -0.2) is 19.3 Å². The molecule has 6 rings (SSSR count). The van der Waals surface area contributed by atoms with Gasteiger partial charge in [0.2, 0.25) is 17.7 Å². The number of fused-ring (bicyclic) bond motifs is 1. The predicted molar refractivity (Wildman–Crippen MR) is 138 cm³/mol. The molecule has 37 heavy (non-hydrogen) atoms. The van der Waals surface area contributed by atoms with Gasteiger partial charge in [0.05, 0.1) is 17.2 Å². The van der Waals surface area contributed by atoms with Crippen molar-refractivity contribution in [2.24, 2.45) is 5.92 Å². The van der Waals surface area contributed by atoms with Crippen molar-refractivity contribution < 1.29 is 14.3 Å². The molecule has 1 aromatic carbocycles. The number of aromatic amines is 1. The summed E-state index contributed by atoms with van der Waals surface area (Å²) in [5.74, 6) is 1.37. The molecule has 1 aliphatic heterocycles. The van der Waals surface area contributed by atoms with E-state index in [1.807, 2.05) is 17.0 Å². The number of nitrogens with zero attached hydrogens (tertiary/aromatic N) is 5. The first kappa shape index (κ1) is 23.4. The van der Waals surface area contributed by atoms with Crippen LogP contribution >= 0.6 is 0 Å². The molecule has 0 spiro atoms. The van der Waals surface area contributed by atoms with E-state index in [-0.39, 0.29) is 11.4 Å². The Morgan fingerprint density at radius 3 is 2.76 bits per heavy atom. The maximum Gasteiger partial charge on any atom is 0.222 e. The van der Waals surface area contributed by atoms with Crippen LogP contribution < -0.4 is 5.32 Å². The highest BCUT2D eigenvalue weighted by molar-refractivity contribution is 5.84. The molecule has 0 bridgehead atoms. The van der Waals surface area contributed by atoms with E-state index < -0.39 is 5.82 Å². The number of imidazole rings is 1. The Kier molecular flexibility index (Phi) is 6.17. The fraction of sp³-hybridized carbons (Fsp3) is 0.333. The van der Waals surface area contributed by atoms with Crippen LogP contribution in [0.3, 0.4) is 0 Å². The number of aromatic nitrogens is 4. The Balaban J connectivity index is 1.10. The van der Waals surface area contributed by atoms with Crippen LogP contribution in [0.25, 0.3) is 22.2 Å². The molecule has 9 nitrogen and oxygen atoms in total. The molecule has 1 amide bonds. The van der Waals surface area contributed by atoms with Crippen LogP contribution in [-0.2, 0) is 11.3 Å². The molecule has 2 fully saturated rings. The Morgan fingerprint density at radius 1 is 1.11 bits per heavy atom. The number of carbonyl (C=O) groups excluding carboxylic acids is 1. The smallest absolute Gasteiger partial charge is 0.222 e. The first-order valence-electron chi connectivity index (χ1n) is 12.6. The monoisotopic (exact) mass is 501 g/mol. The third-order valence-electron chi connectivity index (χ3n) is 7.00. The van der Waals surface area contributed by atoms with Crippen molar-refractivity contribution in [3.8, 4) is 17.0 Å². The van der Waals surface area contributed by atoms with Crippen LogP contribution in [0.2, 0.25) is 0 Å². The highest BCUT2D eigenvalue weighted by Crippen LogP contribution is 2.33. The number of nitrogens with one attached hydrogen (secondary N) is 2. The maximum absolute atomic E-state index is 14.2. The summed E-state index contributed by atoms with van der Waals surface area (Å²) in [7, 11) is 0. The lowest BCUT2D eigenvalue weighted by Gasteiger charge is -2.34. The van der Waals surface area contributed by atoms with Crippen molar-refractivity contribution in [1.29, 1.82) is 0 Å². The Bertz CT molecular complexity index is 1440. The summed E-state index contributed by atoms with van der Waals surface area (Å²) in [5, 5.41) is 12.9. The Morgan fingerprint density at radius 2 is 1.95 bits per heavy atom. The molecule has 190 valence electrons. The van der Waals surface area contributed by atoms with Crippen molar-refractivity contribution in [3.63, 3.8) is 0 Å². The van der Waals surface area contributed by atoms with Gasteiger partial charge in [-0.05, 0) is 54.2 Å². The van der Waals surface area contributed by atoms with E-state index in [0.29, 0.717) is 35.6 Å². The first-order valence-corrected chi connectivity index (χ1v) is 12.6. The van der Waals surface area contributed by atoms with Gasteiger partial charge < -0.3 is 20.3 Å². The average Bonchev–Trinajstić information content (AvgIpc) is 3.62. The van der Waals surface area contributed by atoms with Gasteiger partial charge in [-0.1, -0.05) is 6.07 Å². The average molecular weight is 502 g/mol. The number of hydrogen-bond donors (Lipinski definition) is 3. The molecular formula is C27H28FN7O2. The summed E-state index contributed by atoms with van der Waals surface area (Å²) in [6, 6.07) is 10.6. The predicted octanol–water partition coefficient (Wildman–Crippen LogP) is 4.05. The number of carbonyl (C=O) groups is 1. The van der Waals surface area contributed by atoms with Gasteiger partial charge in [0.25, 0.3) is 0 Å².